The van der Waals surface area contributed by atoms with Gasteiger partial charge in [-0.15, -0.1) is 0 Å². The zero-order valence-corrected chi connectivity index (χ0v) is 7.80. The van der Waals surface area contributed by atoms with Crippen LogP contribution in [0.4, 0.5) is 0 Å². The summed E-state index contributed by atoms with van der Waals surface area (Å²) in [5.74, 6) is 0.669. The molecule has 0 aliphatic rings. The van der Waals surface area contributed by atoms with Crippen LogP contribution in [0, 0.1) is 18.3 Å². The van der Waals surface area contributed by atoms with Crippen LogP contribution in [0.25, 0.3) is 0 Å². The smallest absolute Gasteiger partial charge is 0.160 e. The minimum Gasteiger partial charge on any atom is -0.359 e. The fourth-order valence-corrected chi connectivity index (χ4v) is 1.01. The molecule has 0 saturated carbocycles. The minimum absolute atomic E-state index is 0.147. The van der Waals surface area contributed by atoms with Crippen LogP contribution in [0.1, 0.15) is 37.8 Å². The largest absolute Gasteiger partial charge is 0.359 e. The first-order chi connectivity index (χ1) is 5.46. The van der Waals surface area contributed by atoms with Crippen molar-refractivity contribution in [3.63, 3.8) is 0 Å². The molecular weight excluding hydrogens is 152 g/mol. The Labute approximate surface area is 72.0 Å². The number of aromatic nitrogens is 1. The molecule has 0 unspecified atom stereocenters. The second-order valence-electron chi connectivity index (χ2n) is 3.83. The van der Waals surface area contributed by atoms with Crippen molar-refractivity contribution in [2.45, 2.75) is 33.1 Å². The minimum atomic E-state index is -0.147. The Morgan fingerprint density at radius 1 is 1.42 bits per heavy atom. The third kappa shape index (κ3) is 1.33. The molecule has 12 heavy (non-hydrogen) atoms. The summed E-state index contributed by atoms with van der Waals surface area (Å²) >= 11 is 0. The van der Waals surface area contributed by atoms with E-state index in [9.17, 15) is 0 Å². The van der Waals surface area contributed by atoms with Crippen molar-refractivity contribution in [3.8, 4) is 6.07 Å². The topological polar surface area (TPSA) is 49.8 Å². The summed E-state index contributed by atoms with van der Waals surface area (Å²) in [6.45, 7) is 7.76. The highest BCUT2D eigenvalue weighted by Gasteiger charge is 2.24. The fraction of sp³-hybridized carbons (Fsp3) is 0.556. The van der Waals surface area contributed by atoms with Crippen molar-refractivity contribution < 1.29 is 4.52 Å². The van der Waals surface area contributed by atoms with Gasteiger partial charge in [0.05, 0.1) is 5.69 Å². The van der Waals surface area contributed by atoms with Gasteiger partial charge in [0.1, 0.15) is 11.6 Å². The lowest BCUT2D eigenvalue weighted by molar-refractivity contribution is 0.326. The van der Waals surface area contributed by atoms with E-state index >= 15 is 0 Å². The molecule has 64 valence electrons. The Morgan fingerprint density at radius 2 is 2.00 bits per heavy atom. The maximum Gasteiger partial charge on any atom is 0.160 e. The molecule has 0 atom stereocenters. The quantitative estimate of drug-likeness (QED) is 0.590. The third-order valence-electron chi connectivity index (χ3n) is 1.66. The normalized spacial score (nSPS) is 11.2. The highest BCUT2D eigenvalue weighted by atomic mass is 16.5. The summed E-state index contributed by atoms with van der Waals surface area (Å²) in [4.78, 5) is 0. The lowest BCUT2D eigenvalue weighted by Crippen LogP contribution is -2.11. The predicted octanol–water partition coefficient (Wildman–Crippen LogP) is 2.15. The van der Waals surface area contributed by atoms with Gasteiger partial charge in [0.25, 0.3) is 0 Å². The second kappa shape index (κ2) is 2.63. The van der Waals surface area contributed by atoms with Gasteiger partial charge in [0.15, 0.2) is 5.76 Å². The van der Waals surface area contributed by atoms with E-state index in [-0.39, 0.29) is 5.41 Å². The zero-order chi connectivity index (χ0) is 9.35. The molecule has 0 aliphatic carbocycles. The van der Waals surface area contributed by atoms with Crippen LogP contribution in [0.2, 0.25) is 0 Å². The van der Waals surface area contributed by atoms with Gasteiger partial charge >= 0.3 is 0 Å². The average Bonchev–Trinajstić information content (AvgIpc) is 2.29. The van der Waals surface area contributed by atoms with Gasteiger partial charge in [0.2, 0.25) is 0 Å². The molecule has 3 nitrogen and oxygen atoms in total. The molecule has 0 radical (unpaired) electrons. The van der Waals surface area contributed by atoms with Crippen LogP contribution in [0.5, 0.6) is 0 Å². The van der Waals surface area contributed by atoms with Crippen LogP contribution in [-0.2, 0) is 5.41 Å². The molecule has 0 N–H and O–H groups in total. The summed E-state index contributed by atoms with van der Waals surface area (Å²) in [6, 6.07) is 2.09. The van der Waals surface area contributed by atoms with E-state index in [0.717, 1.165) is 0 Å². The Balaban J connectivity index is 3.28. The first-order valence-corrected chi connectivity index (χ1v) is 3.83. The Bertz CT molecular complexity index is 325. The fourth-order valence-electron chi connectivity index (χ4n) is 1.01. The summed E-state index contributed by atoms with van der Waals surface area (Å²) in [5, 5.41) is 12.6. The van der Waals surface area contributed by atoms with Crippen molar-refractivity contribution in [3.05, 3.63) is 17.0 Å². The number of hydrogen-bond acceptors (Lipinski definition) is 3. The first-order valence-electron chi connectivity index (χ1n) is 3.83. The maximum atomic E-state index is 8.80. The van der Waals surface area contributed by atoms with Gasteiger partial charge in [-0.3, -0.25) is 0 Å². The highest BCUT2D eigenvalue weighted by molar-refractivity contribution is 5.38. The number of hydrogen-bond donors (Lipinski definition) is 0. The standard InChI is InChI=1S/C9H12N2O/c1-6-7(5-10)8(12-11-6)9(2,3)4/h1-4H3. The van der Waals surface area contributed by atoms with Crippen molar-refractivity contribution in [2.24, 2.45) is 0 Å². The van der Waals surface area contributed by atoms with Gasteiger partial charge in [-0.2, -0.15) is 5.26 Å². The van der Waals surface area contributed by atoms with E-state index in [2.05, 4.69) is 11.2 Å². The summed E-state index contributed by atoms with van der Waals surface area (Å²) in [7, 11) is 0. The summed E-state index contributed by atoms with van der Waals surface area (Å²) < 4.78 is 5.08. The van der Waals surface area contributed by atoms with Crippen LogP contribution >= 0.6 is 0 Å². The van der Waals surface area contributed by atoms with Gasteiger partial charge in [-0.1, -0.05) is 25.9 Å². The summed E-state index contributed by atoms with van der Waals surface area (Å²) in [6.07, 6.45) is 0. The second-order valence-corrected chi connectivity index (χ2v) is 3.83. The molecular formula is C9H12N2O. The van der Waals surface area contributed by atoms with Crippen molar-refractivity contribution >= 4 is 0 Å². The molecule has 0 bridgehead atoms. The molecule has 1 rings (SSSR count). The number of aryl methyl sites for hydroxylation is 1. The molecule has 1 heterocycles. The number of nitriles is 1. The van der Waals surface area contributed by atoms with E-state index < -0.39 is 0 Å². The molecule has 0 saturated heterocycles. The Morgan fingerprint density at radius 3 is 2.33 bits per heavy atom. The summed E-state index contributed by atoms with van der Waals surface area (Å²) in [5.41, 5.74) is 1.09. The van der Waals surface area contributed by atoms with Crippen molar-refractivity contribution in [1.29, 1.82) is 5.26 Å². The lowest BCUT2D eigenvalue weighted by atomic mass is 9.90. The SMILES string of the molecule is Cc1noc(C(C)(C)C)c1C#N. The molecule has 0 amide bonds. The van der Waals surface area contributed by atoms with Crippen molar-refractivity contribution in [1.82, 2.24) is 5.16 Å². The molecule has 1 aromatic heterocycles. The molecule has 0 spiro atoms. The molecule has 1 aromatic rings. The monoisotopic (exact) mass is 164 g/mol. The molecule has 0 fully saturated rings. The van der Waals surface area contributed by atoms with Gasteiger partial charge < -0.3 is 4.52 Å². The van der Waals surface area contributed by atoms with E-state index in [1.807, 2.05) is 20.8 Å². The van der Waals surface area contributed by atoms with Gasteiger partial charge in [0, 0.05) is 5.41 Å². The lowest BCUT2D eigenvalue weighted by Gasteiger charge is -2.13. The maximum absolute atomic E-state index is 8.80. The van der Waals surface area contributed by atoms with Crippen LogP contribution in [-0.4, -0.2) is 5.16 Å². The molecule has 0 aliphatic heterocycles. The Hall–Kier alpha value is -1.30. The van der Waals surface area contributed by atoms with Crippen molar-refractivity contribution in [2.75, 3.05) is 0 Å². The van der Waals surface area contributed by atoms with Gasteiger partial charge in [-0.25, -0.2) is 0 Å². The van der Waals surface area contributed by atoms with E-state index in [1.165, 1.54) is 0 Å². The Kier molecular flexibility index (Phi) is 1.93. The highest BCUT2D eigenvalue weighted by Crippen LogP contribution is 2.26. The molecule has 0 aromatic carbocycles. The third-order valence-corrected chi connectivity index (χ3v) is 1.66. The first kappa shape index (κ1) is 8.79. The molecule has 3 heteroatoms. The average molecular weight is 164 g/mol. The predicted molar refractivity (Wildman–Crippen MR) is 44.7 cm³/mol. The number of nitrogens with zero attached hydrogens (tertiary/aromatic N) is 2. The van der Waals surface area contributed by atoms with Crippen LogP contribution < -0.4 is 0 Å². The van der Waals surface area contributed by atoms with Crippen LogP contribution in [0.15, 0.2) is 4.52 Å². The number of rotatable bonds is 0. The van der Waals surface area contributed by atoms with E-state index in [4.69, 9.17) is 9.78 Å². The van der Waals surface area contributed by atoms with E-state index in [0.29, 0.717) is 17.0 Å². The van der Waals surface area contributed by atoms with Crippen LogP contribution in [0.3, 0.4) is 0 Å². The van der Waals surface area contributed by atoms with E-state index in [1.54, 1.807) is 6.92 Å². The zero-order valence-electron chi connectivity index (χ0n) is 7.80. The van der Waals surface area contributed by atoms with Gasteiger partial charge in [-0.05, 0) is 6.92 Å².